The fourth-order valence-corrected chi connectivity index (χ4v) is 8.82. The van der Waals surface area contributed by atoms with Gasteiger partial charge in [-0.25, -0.2) is 4.39 Å². The smallest absolute Gasteiger partial charge is 0 e. The average Bonchev–Trinajstić information content (AvgIpc) is 3.39. The van der Waals surface area contributed by atoms with Crippen LogP contribution in [0.5, 0.6) is 0 Å². The first-order valence-electron chi connectivity index (χ1n) is 16.8. The molecular formula is C37H37FGeIrN2S-2. The number of rotatable bonds is 3. The predicted molar refractivity (Wildman–Crippen MR) is 181 cm³/mol. The number of benzene rings is 3. The Hall–Kier alpha value is -2.70. The van der Waals surface area contributed by atoms with Gasteiger partial charge >= 0.3 is 121 Å². The van der Waals surface area contributed by atoms with Gasteiger partial charge in [0.05, 0.1) is 6.20 Å². The van der Waals surface area contributed by atoms with Crippen LogP contribution in [0.1, 0.15) is 45.7 Å². The van der Waals surface area contributed by atoms with Gasteiger partial charge in [-0.05, 0) is 32.8 Å². The van der Waals surface area contributed by atoms with Gasteiger partial charge in [0.25, 0.3) is 0 Å². The second-order valence-corrected chi connectivity index (χ2v) is 24.0. The van der Waals surface area contributed by atoms with E-state index in [4.69, 9.17) is 8.22 Å². The van der Waals surface area contributed by atoms with Crippen molar-refractivity contribution in [3.63, 3.8) is 0 Å². The van der Waals surface area contributed by atoms with E-state index in [0.717, 1.165) is 20.4 Å². The van der Waals surface area contributed by atoms with Crippen molar-refractivity contribution in [2.24, 2.45) is 0 Å². The van der Waals surface area contributed by atoms with Crippen molar-refractivity contribution < 1.29 is 32.7 Å². The van der Waals surface area contributed by atoms with Crippen molar-refractivity contribution in [2.45, 2.75) is 57.2 Å². The van der Waals surface area contributed by atoms with Crippen LogP contribution in [-0.2, 0) is 25.5 Å². The van der Waals surface area contributed by atoms with E-state index in [1.54, 1.807) is 29.7 Å². The Bertz CT molecular complexity index is 2100. The Morgan fingerprint density at radius 3 is 2.33 bits per heavy atom. The summed E-state index contributed by atoms with van der Waals surface area (Å²) < 4.78 is 63.1. The molecule has 0 saturated carbocycles. The topological polar surface area (TPSA) is 25.8 Å². The van der Waals surface area contributed by atoms with Crippen molar-refractivity contribution in [1.82, 2.24) is 9.97 Å². The van der Waals surface area contributed by atoms with Gasteiger partial charge in [0.2, 0.25) is 0 Å². The van der Waals surface area contributed by atoms with Gasteiger partial charge in [0.15, 0.2) is 0 Å². The molecule has 0 aliphatic heterocycles. The van der Waals surface area contributed by atoms with Crippen LogP contribution >= 0.6 is 11.3 Å². The van der Waals surface area contributed by atoms with Crippen LogP contribution < -0.4 is 4.40 Å². The number of halogens is 1. The summed E-state index contributed by atoms with van der Waals surface area (Å²) in [7, 11) is 0. The maximum atomic E-state index is 14.2. The number of fused-ring (bicyclic) bond motifs is 3. The van der Waals surface area contributed by atoms with Crippen LogP contribution in [0.4, 0.5) is 4.39 Å². The monoisotopic (exact) mass is 833 g/mol. The number of nitrogens with zero attached hydrogens (tertiary/aromatic N) is 2. The Morgan fingerprint density at radius 2 is 1.65 bits per heavy atom. The van der Waals surface area contributed by atoms with E-state index in [2.05, 4.69) is 69.7 Å². The molecule has 0 saturated heterocycles. The van der Waals surface area contributed by atoms with Crippen LogP contribution in [0.3, 0.4) is 0 Å². The molecule has 3 heterocycles. The molecule has 0 fully saturated rings. The van der Waals surface area contributed by atoms with E-state index >= 15 is 0 Å². The summed E-state index contributed by atoms with van der Waals surface area (Å²) in [5.41, 5.74) is 3.75. The van der Waals surface area contributed by atoms with Crippen LogP contribution in [0, 0.1) is 31.7 Å². The van der Waals surface area contributed by atoms with E-state index in [1.807, 2.05) is 32.9 Å². The minimum Gasteiger partial charge on any atom is 0 e. The Kier molecular flexibility index (Phi) is 7.81. The third kappa shape index (κ3) is 7.34. The van der Waals surface area contributed by atoms with Crippen LogP contribution in [0.2, 0.25) is 17.3 Å². The molecule has 43 heavy (non-hydrogen) atoms. The standard InChI is InChI=1S/C21H17FNS.C16H20GeN.Ir/c1-21(2,3)16-11-18(23-12-17(16)22)15-9-6-8-14-13-7-4-5-10-19(13)24-20(14)15;1-12-6-8-14(9-7-12)16-10-13(2)15(11-18-16)17(3,4)5;/h4-8,10-12H,1-3H3;6-8,10-11H,1-5H3;/q2*-1;/i;1D3,2D3;. The number of thiophene rings is 1. The van der Waals surface area contributed by atoms with E-state index in [-0.39, 0.29) is 36.9 Å². The minimum atomic E-state index is -2.38. The van der Waals surface area contributed by atoms with Crippen LogP contribution in [0.15, 0.2) is 79.1 Å². The first-order valence-corrected chi connectivity index (χ1v) is 21.9. The zero-order valence-corrected chi connectivity index (χ0v) is 30.3. The van der Waals surface area contributed by atoms with E-state index in [1.165, 1.54) is 33.8 Å². The number of aromatic nitrogens is 2. The van der Waals surface area contributed by atoms with Crippen molar-refractivity contribution in [3.8, 4) is 22.5 Å². The molecule has 2 nitrogen and oxygen atoms in total. The molecule has 3 aromatic heterocycles. The fourth-order valence-electron chi connectivity index (χ4n) is 4.82. The molecule has 0 bridgehead atoms. The van der Waals surface area contributed by atoms with Crippen molar-refractivity contribution in [2.75, 3.05) is 0 Å². The van der Waals surface area contributed by atoms with E-state index in [0.29, 0.717) is 22.4 Å². The molecule has 223 valence electrons. The first-order chi connectivity index (χ1) is 22.2. The van der Waals surface area contributed by atoms with Gasteiger partial charge in [-0.2, -0.15) is 11.3 Å². The molecule has 0 unspecified atom stereocenters. The zero-order valence-electron chi connectivity index (χ0n) is 31.0. The quantitative estimate of drug-likeness (QED) is 0.131. The molecule has 0 aliphatic carbocycles. The summed E-state index contributed by atoms with van der Waals surface area (Å²) in [6.07, 6.45) is 3.00. The third-order valence-corrected chi connectivity index (χ3v) is 12.5. The Morgan fingerprint density at radius 1 is 0.884 bits per heavy atom. The summed E-state index contributed by atoms with van der Waals surface area (Å²) in [5.74, 6) is 6.13. The molecule has 0 amide bonds. The predicted octanol–water partition coefficient (Wildman–Crippen LogP) is 10.1. The summed E-state index contributed by atoms with van der Waals surface area (Å²) in [6.45, 7) is 1.65. The number of pyridine rings is 2. The molecule has 6 heteroatoms. The molecule has 6 rings (SSSR count). The SMILES string of the molecule is CC(C)(C)c1cc(-c2[c-]ccc3c2sc2ccccc23)ncc1F.[2H]C([2H])([2H])c1c[c-]c(-c2cc(C([2H])([2H])[2H])[c]([Ge]([CH3])([CH3])[CH3])cn2)cc1.[Ir]. The molecule has 0 aliphatic rings. The van der Waals surface area contributed by atoms with Crippen molar-refractivity contribution >= 4 is 49.2 Å². The van der Waals surface area contributed by atoms with Gasteiger partial charge in [-0.15, -0.1) is 23.8 Å². The number of aryl methyl sites for hydroxylation is 2. The van der Waals surface area contributed by atoms with Gasteiger partial charge in [0, 0.05) is 24.8 Å². The van der Waals surface area contributed by atoms with Crippen LogP contribution in [-0.4, -0.2) is 23.2 Å². The number of hydrogen-bond donors (Lipinski definition) is 0. The second-order valence-electron chi connectivity index (χ2n) is 12.3. The van der Waals surface area contributed by atoms with E-state index in [9.17, 15) is 4.39 Å². The minimum absolute atomic E-state index is 0. The summed E-state index contributed by atoms with van der Waals surface area (Å²) in [5, 5.41) is 2.44. The zero-order chi connectivity index (χ0) is 35.2. The normalized spacial score (nSPS) is 14.3. The summed E-state index contributed by atoms with van der Waals surface area (Å²) in [6, 6.07) is 26.6. The second kappa shape index (κ2) is 13.1. The van der Waals surface area contributed by atoms with Gasteiger partial charge in [-0.1, -0.05) is 50.4 Å². The molecule has 6 aromatic rings. The largest absolute Gasteiger partial charge is 0 e. The van der Waals surface area contributed by atoms with Crippen LogP contribution in [0.25, 0.3) is 42.7 Å². The third-order valence-electron chi connectivity index (χ3n) is 7.06. The Labute approximate surface area is 284 Å². The Balaban J connectivity index is 0.000000216. The van der Waals surface area contributed by atoms with Crippen molar-refractivity contribution in [3.05, 3.63) is 114 Å². The average molecular weight is 832 g/mol. The maximum Gasteiger partial charge on any atom is 0 e. The van der Waals surface area contributed by atoms with Gasteiger partial charge in [-0.3, -0.25) is 0 Å². The van der Waals surface area contributed by atoms with Gasteiger partial charge < -0.3 is 4.98 Å². The van der Waals surface area contributed by atoms with Crippen molar-refractivity contribution in [1.29, 1.82) is 0 Å². The molecular weight excluding hydrogens is 788 g/mol. The first kappa shape index (κ1) is 25.6. The summed E-state index contributed by atoms with van der Waals surface area (Å²) >= 11 is -0.645. The molecule has 0 N–H and O–H groups in total. The summed E-state index contributed by atoms with van der Waals surface area (Å²) in [4.78, 5) is 8.75. The molecule has 0 spiro atoms. The molecule has 3 aromatic carbocycles. The fraction of sp³-hybridized carbons (Fsp3) is 0.243. The van der Waals surface area contributed by atoms with Gasteiger partial charge in [0.1, 0.15) is 5.82 Å². The molecule has 0 atom stereocenters. The molecule has 1 radical (unpaired) electrons. The van der Waals surface area contributed by atoms with E-state index < -0.39 is 27.0 Å². The number of hydrogen-bond acceptors (Lipinski definition) is 3. The maximum absolute atomic E-state index is 14.2.